The Morgan fingerprint density at radius 1 is 1.27 bits per heavy atom. The van der Waals surface area contributed by atoms with Crippen LogP contribution < -0.4 is 0 Å². The monoisotopic (exact) mass is 317 g/mol. The van der Waals surface area contributed by atoms with Crippen LogP contribution in [0.15, 0.2) is 29.9 Å². The van der Waals surface area contributed by atoms with E-state index in [-0.39, 0.29) is 5.91 Å². The summed E-state index contributed by atoms with van der Waals surface area (Å²) in [6, 6.07) is 3.91. The Bertz CT molecular complexity index is 577. The molecular weight excluding hydrogens is 294 g/mol. The summed E-state index contributed by atoms with van der Waals surface area (Å²) < 4.78 is 0. The lowest BCUT2D eigenvalue weighted by atomic mass is 10.2. The number of nitrogens with zero attached hydrogens (tertiary/aromatic N) is 3. The molecule has 0 aliphatic rings. The maximum absolute atomic E-state index is 12.3. The van der Waals surface area contributed by atoms with Crippen LogP contribution in [0.2, 0.25) is 0 Å². The van der Waals surface area contributed by atoms with Crippen LogP contribution in [0.1, 0.15) is 38.8 Å². The largest absolute Gasteiger partial charge is 0.343 e. The van der Waals surface area contributed by atoms with Gasteiger partial charge in [0, 0.05) is 42.8 Å². The Morgan fingerprint density at radius 2 is 2.05 bits per heavy atom. The van der Waals surface area contributed by atoms with E-state index in [1.54, 1.807) is 17.5 Å². The van der Waals surface area contributed by atoms with E-state index in [1.165, 1.54) is 0 Å². The van der Waals surface area contributed by atoms with E-state index in [4.69, 9.17) is 0 Å². The van der Waals surface area contributed by atoms with E-state index in [0.29, 0.717) is 12.8 Å². The molecule has 0 bridgehead atoms. The Kier molecular flexibility index (Phi) is 6.52. The van der Waals surface area contributed by atoms with Crippen molar-refractivity contribution in [3.8, 4) is 10.6 Å². The van der Waals surface area contributed by atoms with E-state index in [2.05, 4.69) is 23.8 Å². The molecule has 0 saturated carbocycles. The molecular formula is C17H23N3OS. The molecule has 0 radical (unpaired) electrons. The molecule has 0 fully saturated rings. The highest BCUT2D eigenvalue weighted by atomic mass is 32.1. The van der Waals surface area contributed by atoms with Crippen LogP contribution >= 0.6 is 11.3 Å². The normalized spacial score (nSPS) is 10.6. The average molecular weight is 317 g/mol. The summed E-state index contributed by atoms with van der Waals surface area (Å²) in [5, 5.41) is 3.01. The Labute approximate surface area is 136 Å². The van der Waals surface area contributed by atoms with Crippen molar-refractivity contribution in [1.29, 1.82) is 0 Å². The summed E-state index contributed by atoms with van der Waals surface area (Å²) in [5.41, 5.74) is 2.02. The molecule has 1 amide bonds. The molecule has 0 aliphatic heterocycles. The first-order chi connectivity index (χ1) is 10.7. The van der Waals surface area contributed by atoms with Gasteiger partial charge in [0.2, 0.25) is 5.91 Å². The lowest BCUT2D eigenvalue weighted by Gasteiger charge is -2.21. The predicted molar refractivity (Wildman–Crippen MR) is 90.8 cm³/mol. The summed E-state index contributed by atoms with van der Waals surface area (Å²) in [5.74, 6) is 0.236. The summed E-state index contributed by atoms with van der Waals surface area (Å²) in [6.07, 6.45) is 6.83. The van der Waals surface area contributed by atoms with Gasteiger partial charge < -0.3 is 4.90 Å². The van der Waals surface area contributed by atoms with Gasteiger partial charge in [-0.05, 0) is 31.4 Å². The van der Waals surface area contributed by atoms with E-state index in [0.717, 1.165) is 42.2 Å². The van der Waals surface area contributed by atoms with Gasteiger partial charge in [0.15, 0.2) is 0 Å². The van der Waals surface area contributed by atoms with Gasteiger partial charge in [0.1, 0.15) is 5.01 Å². The van der Waals surface area contributed by atoms with E-state index < -0.39 is 0 Å². The fourth-order valence-electron chi connectivity index (χ4n) is 2.34. The maximum atomic E-state index is 12.3. The van der Waals surface area contributed by atoms with Gasteiger partial charge in [-0.3, -0.25) is 9.78 Å². The van der Waals surface area contributed by atoms with E-state index >= 15 is 0 Å². The minimum Gasteiger partial charge on any atom is -0.343 e. The Hall–Kier alpha value is -1.75. The zero-order chi connectivity index (χ0) is 15.8. The fourth-order valence-corrected chi connectivity index (χ4v) is 3.18. The SMILES string of the molecule is CCCN(CCC)C(=O)CCc1csc(-c2cccnc2)n1. The number of pyridine rings is 1. The molecule has 5 heteroatoms. The lowest BCUT2D eigenvalue weighted by Crippen LogP contribution is -2.32. The zero-order valence-electron chi connectivity index (χ0n) is 13.3. The van der Waals surface area contributed by atoms with Crippen LogP contribution in [-0.4, -0.2) is 33.9 Å². The molecule has 0 N–H and O–H groups in total. The average Bonchev–Trinajstić information content (AvgIpc) is 3.02. The number of hydrogen-bond acceptors (Lipinski definition) is 4. The van der Waals surface area contributed by atoms with Crippen LogP contribution in [0.5, 0.6) is 0 Å². The quantitative estimate of drug-likeness (QED) is 0.744. The van der Waals surface area contributed by atoms with Crippen LogP contribution in [0.25, 0.3) is 10.6 Å². The third-order valence-corrected chi connectivity index (χ3v) is 4.34. The number of thiazole rings is 1. The number of rotatable bonds is 8. The number of amides is 1. The molecule has 0 spiro atoms. The first-order valence-corrected chi connectivity index (χ1v) is 8.75. The minimum atomic E-state index is 0.236. The molecule has 22 heavy (non-hydrogen) atoms. The van der Waals surface area contributed by atoms with Crippen LogP contribution in [0.4, 0.5) is 0 Å². The van der Waals surface area contributed by atoms with Crippen molar-refractivity contribution < 1.29 is 4.79 Å². The second-order valence-electron chi connectivity index (χ2n) is 5.27. The van der Waals surface area contributed by atoms with Crippen LogP contribution in [0.3, 0.4) is 0 Å². The van der Waals surface area contributed by atoms with Crippen molar-refractivity contribution in [3.05, 3.63) is 35.6 Å². The number of carbonyl (C=O) groups excluding carboxylic acids is 1. The lowest BCUT2D eigenvalue weighted by molar-refractivity contribution is -0.131. The first-order valence-electron chi connectivity index (χ1n) is 7.87. The number of carbonyl (C=O) groups is 1. The zero-order valence-corrected chi connectivity index (χ0v) is 14.1. The number of aromatic nitrogens is 2. The highest BCUT2D eigenvalue weighted by Crippen LogP contribution is 2.23. The molecule has 2 aromatic heterocycles. The summed E-state index contributed by atoms with van der Waals surface area (Å²) in [4.78, 5) is 23.0. The highest BCUT2D eigenvalue weighted by molar-refractivity contribution is 7.13. The molecule has 0 atom stereocenters. The van der Waals surface area contributed by atoms with E-state index in [9.17, 15) is 4.79 Å². The maximum Gasteiger partial charge on any atom is 0.222 e. The topological polar surface area (TPSA) is 46.1 Å². The van der Waals surface area contributed by atoms with Gasteiger partial charge in [-0.1, -0.05) is 13.8 Å². The second-order valence-corrected chi connectivity index (χ2v) is 6.12. The van der Waals surface area contributed by atoms with E-state index in [1.807, 2.05) is 28.6 Å². The molecule has 4 nitrogen and oxygen atoms in total. The Balaban J connectivity index is 1.92. The van der Waals surface area contributed by atoms with Crippen molar-refractivity contribution in [2.75, 3.05) is 13.1 Å². The molecule has 0 aliphatic carbocycles. The van der Waals surface area contributed by atoms with Crippen molar-refractivity contribution in [1.82, 2.24) is 14.9 Å². The molecule has 0 saturated heterocycles. The highest BCUT2D eigenvalue weighted by Gasteiger charge is 2.13. The molecule has 0 unspecified atom stereocenters. The molecule has 118 valence electrons. The van der Waals surface area contributed by atoms with Gasteiger partial charge in [-0.25, -0.2) is 4.98 Å². The van der Waals surface area contributed by atoms with Crippen molar-refractivity contribution in [2.24, 2.45) is 0 Å². The smallest absolute Gasteiger partial charge is 0.222 e. The number of hydrogen-bond donors (Lipinski definition) is 0. The summed E-state index contributed by atoms with van der Waals surface area (Å²) in [7, 11) is 0. The van der Waals surface area contributed by atoms with Gasteiger partial charge in [0.05, 0.1) is 5.69 Å². The fraction of sp³-hybridized carbons (Fsp3) is 0.471. The third kappa shape index (κ3) is 4.63. The molecule has 2 heterocycles. The minimum absolute atomic E-state index is 0.236. The van der Waals surface area contributed by atoms with Gasteiger partial charge in [0.25, 0.3) is 0 Å². The Morgan fingerprint density at radius 3 is 2.68 bits per heavy atom. The predicted octanol–water partition coefficient (Wildman–Crippen LogP) is 3.79. The van der Waals surface area contributed by atoms with Gasteiger partial charge in [-0.15, -0.1) is 11.3 Å². The standard InChI is InChI=1S/C17H23N3OS/c1-3-10-20(11-4-2)16(21)8-7-15-13-22-17(19-15)14-6-5-9-18-12-14/h5-6,9,12-13H,3-4,7-8,10-11H2,1-2H3. The van der Waals surface area contributed by atoms with Crippen molar-refractivity contribution in [3.63, 3.8) is 0 Å². The van der Waals surface area contributed by atoms with Gasteiger partial charge >= 0.3 is 0 Å². The second kappa shape index (κ2) is 8.63. The van der Waals surface area contributed by atoms with Crippen LogP contribution in [-0.2, 0) is 11.2 Å². The van der Waals surface area contributed by atoms with Crippen molar-refractivity contribution >= 4 is 17.2 Å². The summed E-state index contributed by atoms with van der Waals surface area (Å²) >= 11 is 1.61. The molecule has 2 aromatic rings. The third-order valence-electron chi connectivity index (χ3n) is 3.39. The van der Waals surface area contributed by atoms with Crippen molar-refractivity contribution in [2.45, 2.75) is 39.5 Å². The van der Waals surface area contributed by atoms with Crippen LogP contribution in [0, 0.1) is 0 Å². The molecule has 2 rings (SSSR count). The molecule has 0 aromatic carbocycles. The van der Waals surface area contributed by atoms with Gasteiger partial charge in [-0.2, -0.15) is 0 Å². The first kappa shape index (κ1) is 16.6. The summed E-state index contributed by atoms with van der Waals surface area (Å²) in [6.45, 7) is 5.92. The number of aryl methyl sites for hydroxylation is 1.